The lowest BCUT2D eigenvalue weighted by Gasteiger charge is -2.20. The molecule has 0 aromatic heterocycles. The van der Waals surface area contributed by atoms with Crippen molar-refractivity contribution in [3.05, 3.63) is 33.3 Å². The minimum absolute atomic E-state index is 0.000708. The summed E-state index contributed by atoms with van der Waals surface area (Å²) in [6.45, 7) is 0. The second-order valence-corrected chi connectivity index (χ2v) is 11.5. The highest BCUT2D eigenvalue weighted by Gasteiger charge is 2.38. The van der Waals surface area contributed by atoms with E-state index in [0.717, 1.165) is 30.7 Å². The predicted molar refractivity (Wildman–Crippen MR) is 118 cm³/mol. The molecule has 2 aliphatic carbocycles. The second-order valence-electron chi connectivity index (χ2n) is 7.38. The fourth-order valence-corrected chi connectivity index (χ4v) is 7.30. The number of hydrazine groups is 1. The van der Waals surface area contributed by atoms with E-state index in [9.17, 15) is 18.3 Å². The zero-order valence-corrected chi connectivity index (χ0v) is 19.6. The number of alkyl halides is 1. The van der Waals surface area contributed by atoms with Gasteiger partial charge in [-0.1, -0.05) is 45.8 Å². The SMILES string of the molecule is CN(N)C(=O)C(=C(O)c1ccc(Cl)c(S(=O)(=O)CC2CC2)c1Cl)C(I)C1CC1. The number of nitrogens with zero attached hydrogens (tertiary/aromatic N) is 1. The first-order chi connectivity index (χ1) is 13.0. The number of carbonyl (C=O) groups excluding carboxylic acids is 1. The zero-order chi connectivity index (χ0) is 20.8. The molecule has 0 aliphatic heterocycles. The summed E-state index contributed by atoms with van der Waals surface area (Å²) in [7, 11) is -2.33. The lowest BCUT2D eigenvalue weighted by Crippen LogP contribution is -2.37. The number of nitrogens with two attached hydrogens (primary N) is 1. The van der Waals surface area contributed by atoms with E-state index in [-0.39, 0.29) is 53.3 Å². The molecule has 2 aliphatic rings. The number of aliphatic hydroxyl groups is 1. The molecule has 0 bridgehead atoms. The largest absolute Gasteiger partial charge is 0.507 e. The third-order valence-corrected chi connectivity index (χ3v) is 9.41. The van der Waals surface area contributed by atoms with E-state index in [4.69, 9.17) is 29.0 Å². The molecule has 6 nitrogen and oxygen atoms in total. The van der Waals surface area contributed by atoms with E-state index in [2.05, 4.69) is 22.6 Å². The highest BCUT2D eigenvalue weighted by Crippen LogP contribution is 2.44. The Bertz CT molecular complexity index is 941. The molecule has 1 aromatic rings. The van der Waals surface area contributed by atoms with Crippen LogP contribution in [0.15, 0.2) is 22.6 Å². The summed E-state index contributed by atoms with van der Waals surface area (Å²) in [4.78, 5) is 12.4. The van der Waals surface area contributed by atoms with Gasteiger partial charge in [0.1, 0.15) is 10.7 Å². The number of hydrogen-bond donors (Lipinski definition) is 2. The van der Waals surface area contributed by atoms with E-state index in [1.807, 2.05) is 0 Å². The van der Waals surface area contributed by atoms with Crippen molar-refractivity contribution in [1.82, 2.24) is 5.01 Å². The number of rotatable bonds is 7. The van der Waals surface area contributed by atoms with E-state index in [0.29, 0.717) is 0 Å². The van der Waals surface area contributed by atoms with Crippen LogP contribution in [-0.4, -0.2) is 41.2 Å². The molecule has 1 amide bonds. The average molecular weight is 559 g/mol. The first-order valence-corrected chi connectivity index (χ1v) is 12.5. The van der Waals surface area contributed by atoms with Crippen LogP contribution in [0.4, 0.5) is 0 Å². The van der Waals surface area contributed by atoms with E-state index < -0.39 is 15.7 Å². The van der Waals surface area contributed by atoms with Gasteiger partial charge in [0.15, 0.2) is 9.84 Å². The van der Waals surface area contributed by atoms with Crippen molar-refractivity contribution < 1.29 is 18.3 Å². The van der Waals surface area contributed by atoms with E-state index in [1.54, 1.807) is 0 Å². The molecule has 0 heterocycles. The summed E-state index contributed by atoms with van der Waals surface area (Å²) in [5.74, 6) is 5.05. The van der Waals surface area contributed by atoms with Crippen LogP contribution >= 0.6 is 45.8 Å². The Balaban J connectivity index is 2.13. The quantitative estimate of drug-likeness (QED) is 0.100. The lowest BCUT2D eigenvalue weighted by atomic mass is 10.0. The minimum atomic E-state index is -3.72. The molecule has 3 rings (SSSR count). The molecule has 2 saturated carbocycles. The summed E-state index contributed by atoms with van der Waals surface area (Å²) < 4.78 is 25.3. The van der Waals surface area contributed by atoms with Gasteiger partial charge in [-0.3, -0.25) is 9.80 Å². The Hall–Kier alpha value is -0.550. The van der Waals surface area contributed by atoms with Gasteiger partial charge in [-0.05, 0) is 49.7 Å². The molecular weight excluding hydrogens is 538 g/mol. The van der Waals surface area contributed by atoms with Crippen molar-refractivity contribution in [2.45, 2.75) is 34.5 Å². The summed E-state index contributed by atoms with van der Waals surface area (Å²) in [5, 5.41) is 11.7. The molecule has 3 N–H and O–H groups in total. The smallest absolute Gasteiger partial charge is 0.268 e. The molecule has 28 heavy (non-hydrogen) atoms. The zero-order valence-electron chi connectivity index (χ0n) is 15.2. The van der Waals surface area contributed by atoms with Crippen molar-refractivity contribution in [2.24, 2.45) is 17.7 Å². The Labute approximate surface area is 188 Å². The van der Waals surface area contributed by atoms with Gasteiger partial charge in [-0.2, -0.15) is 0 Å². The molecule has 154 valence electrons. The van der Waals surface area contributed by atoms with Crippen molar-refractivity contribution in [2.75, 3.05) is 12.8 Å². The molecule has 1 atom stereocenters. The first-order valence-electron chi connectivity index (χ1n) is 8.85. The van der Waals surface area contributed by atoms with E-state index >= 15 is 0 Å². The van der Waals surface area contributed by atoms with Crippen molar-refractivity contribution in [3.8, 4) is 0 Å². The van der Waals surface area contributed by atoms with E-state index in [1.165, 1.54) is 19.2 Å². The van der Waals surface area contributed by atoms with Gasteiger partial charge in [0.25, 0.3) is 5.91 Å². The van der Waals surface area contributed by atoms with Crippen LogP contribution in [0.25, 0.3) is 5.76 Å². The second kappa shape index (κ2) is 8.29. The highest BCUT2D eigenvalue weighted by atomic mass is 127. The van der Waals surface area contributed by atoms with Crippen molar-refractivity contribution >= 4 is 67.3 Å². The third kappa shape index (κ3) is 4.61. The van der Waals surface area contributed by atoms with Gasteiger partial charge in [-0.15, -0.1) is 0 Å². The van der Waals surface area contributed by atoms with Gasteiger partial charge in [0, 0.05) is 16.5 Å². The van der Waals surface area contributed by atoms with Crippen LogP contribution < -0.4 is 5.84 Å². The first kappa shape index (κ1) is 22.1. The Morgan fingerprint density at radius 2 is 1.93 bits per heavy atom. The van der Waals surface area contributed by atoms with Crippen LogP contribution in [0.1, 0.15) is 31.2 Å². The summed E-state index contributed by atoms with van der Waals surface area (Å²) >= 11 is 14.7. The summed E-state index contributed by atoms with van der Waals surface area (Å²) in [6, 6.07) is 2.81. The van der Waals surface area contributed by atoms with Crippen LogP contribution in [0.2, 0.25) is 10.0 Å². The van der Waals surface area contributed by atoms with Crippen LogP contribution in [-0.2, 0) is 14.6 Å². The maximum atomic E-state index is 12.8. The molecule has 10 heteroatoms. The third-order valence-electron chi connectivity index (χ3n) is 4.88. The number of halogens is 3. The fourth-order valence-electron chi connectivity index (χ4n) is 2.99. The highest BCUT2D eigenvalue weighted by molar-refractivity contribution is 14.1. The summed E-state index contributed by atoms with van der Waals surface area (Å²) in [5.41, 5.74) is 0.177. The molecule has 0 saturated heterocycles. The number of sulfone groups is 1. The van der Waals surface area contributed by atoms with Crippen LogP contribution in [0, 0.1) is 11.8 Å². The Kier molecular flexibility index (Phi) is 6.56. The number of benzene rings is 1. The number of hydrogen-bond acceptors (Lipinski definition) is 5. The normalized spacial score (nSPS) is 19.2. The molecule has 1 unspecified atom stereocenters. The number of aliphatic hydroxyl groups excluding tert-OH is 1. The predicted octanol–water partition coefficient (Wildman–Crippen LogP) is 3.99. The monoisotopic (exact) mass is 558 g/mol. The minimum Gasteiger partial charge on any atom is -0.507 e. The Morgan fingerprint density at radius 3 is 2.43 bits per heavy atom. The van der Waals surface area contributed by atoms with Gasteiger partial charge in [0.05, 0.1) is 21.4 Å². The average Bonchev–Trinajstić information content (AvgIpc) is 3.48. The standard InChI is InChI=1S/C18H21Cl2IN2O4S/c1-23(22)18(25)13(15(21)10-4-5-10)16(24)11-6-7-12(19)17(14(11)20)28(26,27)8-9-2-3-9/h6-7,9-10,15,24H,2-5,8,22H2,1H3. The Morgan fingerprint density at radius 1 is 1.32 bits per heavy atom. The molecule has 0 radical (unpaired) electrons. The topological polar surface area (TPSA) is 101 Å². The molecule has 1 aromatic carbocycles. The molecule has 2 fully saturated rings. The maximum Gasteiger partial charge on any atom is 0.268 e. The van der Waals surface area contributed by atoms with Gasteiger partial charge >= 0.3 is 0 Å². The fraction of sp³-hybridized carbons (Fsp3) is 0.500. The van der Waals surface area contributed by atoms with Crippen molar-refractivity contribution in [3.63, 3.8) is 0 Å². The van der Waals surface area contributed by atoms with Gasteiger partial charge in [-0.25, -0.2) is 14.3 Å². The number of amides is 1. The summed E-state index contributed by atoms with van der Waals surface area (Å²) in [6.07, 6.45) is 3.61. The lowest BCUT2D eigenvalue weighted by molar-refractivity contribution is -0.126. The maximum absolute atomic E-state index is 12.8. The number of carbonyl (C=O) groups is 1. The van der Waals surface area contributed by atoms with Crippen molar-refractivity contribution in [1.29, 1.82) is 0 Å². The number of likely N-dealkylation sites (N-methyl/N-ethyl adjacent to an activating group) is 1. The van der Waals surface area contributed by atoms with Crippen LogP contribution in [0.5, 0.6) is 0 Å². The van der Waals surface area contributed by atoms with Crippen LogP contribution in [0.3, 0.4) is 0 Å². The van der Waals surface area contributed by atoms with Gasteiger partial charge < -0.3 is 5.11 Å². The molecular formula is C18H21Cl2IN2O4S. The molecule has 0 spiro atoms. The van der Waals surface area contributed by atoms with Gasteiger partial charge in [0.2, 0.25) is 0 Å².